The van der Waals surface area contributed by atoms with E-state index >= 15 is 0 Å². The molecule has 1 aromatic heterocycles. The van der Waals surface area contributed by atoms with Crippen LogP contribution in [0.5, 0.6) is 0 Å². The van der Waals surface area contributed by atoms with Gasteiger partial charge in [-0.15, -0.1) is 0 Å². The Morgan fingerprint density at radius 2 is 2.00 bits per heavy atom. The lowest BCUT2D eigenvalue weighted by atomic mass is 9.83. The van der Waals surface area contributed by atoms with Crippen molar-refractivity contribution >= 4 is 16.7 Å². The molecule has 106 valence electrons. The van der Waals surface area contributed by atoms with E-state index in [2.05, 4.69) is 4.98 Å². The molecule has 3 heteroatoms. The summed E-state index contributed by atoms with van der Waals surface area (Å²) in [5.74, 6) is 0.0259. The zero-order valence-corrected chi connectivity index (χ0v) is 12.5. The number of aromatic nitrogens is 1. The van der Waals surface area contributed by atoms with Crippen molar-refractivity contribution in [2.75, 3.05) is 6.61 Å². The molecule has 0 radical (unpaired) electrons. The molecule has 0 saturated heterocycles. The maximum Gasteiger partial charge on any atom is 0.192 e. The van der Waals surface area contributed by atoms with Crippen LogP contribution in [-0.2, 0) is 4.74 Å². The summed E-state index contributed by atoms with van der Waals surface area (Å²) in [6.45, 7) is 8.51. The summed E-state index contributed by atoms with van der Waals surface area (Å²) in [5.41, 5.74) is 1.28. The number of carbonyl (C=O) groups excluding carboxylic acids is 1. The van der Waals surface area contributed by atoms with Crippen LogP contribution in [0.2, 0.25) is 0 Å². The first kappa shape index (κ1) is 14.7. The quantitative estimate of drug-likeness (QED) is 0.792. The highest BCUT2D eigenvalue weighted by Crippen LogP contribution is 2.28. The highest BCUT2D eigenvalue weighted by Gasteiger charge is 2.33. The normalized spacial score (nSPS) is 13.4. The molecule has 1 unspecified atom stereocenters. The average Bonchev–Trinajstić information content (AvgIpc) is 2.42. The zero-order chi connectivity index (χ0) is 14.8. The van der Waals surface area contributed by atoms with Crippen molar-refractivity contribution in [3.05, 3.63) is 42.1 Å². The molecule has 0 amide bonds. The number of ketones is 1. The molecule has 0 fully saturated rings. The summed E-state index contributed by atoms with van der Waals surface area (Å²) in [6.07, 6.45) is 1.29. The van der Waals surface area contributed by atoms with Gasteiger partial charge in [0.15, 0.2) is 5.78 Å². The number of nitrogens with zero attached hydrogens (tertiary/aromatic N) is 1. The Kier molecular flexibility index (Phi) is 4.19. The number of ether oxygens (including phenoxy) is 1. The van der Waals surface area contributed by atoms with E-state index in [-0.39, 0.29) is 11.2 Å². The Morgan fingerprint density at radius 3 is 2.65 bits per heavy atom. The Labute approximate surface area is 120 Å². The minimum absolute atomic E-state index is 0.0259. The first-order valence-corrected chi connectivity index (χ1v) is 6.94. The third kappa shape index (κ3) is 2.88. The van der Waals surface area contributed by atoms with Crippen molar-refractivity contribution in [2.45, 2.75) is 33.8 Å². The Balaban J connectivity index is 2.49. The van der Waals surface area contributed by atoms with Gasteiger partial charge >= 0.3 is 0 Å². The van der Waals surface area contributed by atoms with Crippen molar-refractivity contribution in [3.63, 3.8) is 0 Å². The van der Waals surface area contributed by atoms with Crippen LogP contribution < -0.4 is 0 Å². The van der Waals surface area contributed by atoms with Gasteiger partial charge in [-0.05, 0) is 24.5 Å². The van der Waals surface area contributed by atoms with E-state index in [0.29, 0.717) is 12.2 Å². The van der Waals surface area contributed by atoms with E-state index in [0.717, 1.165) is 10.9 Å². The molecule has 1 atom stereocenters. The fourth-order valence-electron chi connectivity index (χ4n) is 2.35. The van der Waals surface area contributed by atoms with Gasteiger partial charge in [0.2, 0.25) is 0 Å². The maximum absolute atomic E-state index is 12.8. The summed E-state index contributed by atoms with van der Waals surface area (Å²) >= 11 is 0. The third-order valence-electron chi connectivity index (χ3n) is 3.27. The van der Waals surface area contributed by atoms with Crippen LogP contribution in [0.15, 0.2) is 36.5 Å². The molecule has 3 nitrogen and oxygen atoms in total. The van der Waals surface area contributed by atoms with E-state index in [9.17, 15) is 4.79 Å². The van der Waals surface area contributed by atoms with Crippen molar-refractivity contribution in [1.29, 1.82) is 0 Å². The number of rotatable bonds is 4. The minimum Gasteiger partial charge on any atom is -0.370 e. The first-order chi connectivity index (χ1) is 9.45. The van der Waals surface area contributed by atoms with Gasteiger partial charge in [-0.3, -0.25) is 9.78 Å². The first-order valence-electron chi connectivity index (χ1n) is 6.94. The number of benzene rings is 1. The van der Waals surface area contributed by atoms with Crippen molar-refractivity contribution in [2.24, 2.45) is 5.41 Å². The van der Waals surface area contributed by atoms with Crippen LogP contribution >= 0.6 is 0 Å². The molecular weight excluding hydrogens is 250 g/mol. The van der Waals surface area contributed by atoms with Crippen LogP contribution in [0.25, 0.3) is 10.9 Å². The maximum atomic E-state index is 12.8. The molecule has 2 aromatic rings. The molecular formula is C17H21NO2. The van der Waals surface area contributed by atoms with E-state index in [1.54, 1.807) is 6.20 Å². The van der Waals surface area contributed by atoms with Crippen molar-refractivity contribution in [1.82, 2.24) is 4.98 Å². The number of Topliss-reactive ketones (excluding diaryl/α,β-unsaturated/α-hetero) is 1. The molecule has 0 spiro atoms. The zero-order valence-electron chi connectivity index (χ0n) is 12.5. The second kappa shape index (κ2) is 5.71. The molecule has 0 aliphatic rings. The fraction of sp³-hybridized carbons (Fsp3) is 0.412. The molecule has 20 heavy (non-hydrogen) atoms. The van der Waals surface area contributed by atoms with E-state index < -0.39 is 6.10 Å². The van der Waals surface area contributed by atoms with Gasteiger partial charge in [-0.25, -0.2) is 0 Å². The second-order valence-electron chi connectivity index (χ2n) is 5.94. The summed E-state index contributed by atoms with van der Waals surface area (Å²) in [6, 6.07) is 9.42. The SMILES string of the molecule is CCOC(C(=O)c1cccc2ncccc12)C(C)(C)C. The lowest BCUT2D eigenvalue weighted by Crippen LogP contribution is -2.37. The smallest absolute Gasteiger partial charge is 0.192 e. The number of hydrogen-bond acceptors (Lipinski definition) is 3. The minimum atomic E-state index is -0.446. The summed E-state index contributed by atoms with van der Waals surface area (Å²) in [4.78, 5) is 17.1. The topological polar surface area (TPSA) is 39.2 Å². The molecule has 1 heterocycles. The van der Waals surface area contributed by atoms with E-state index in [1.807, 2.05) is 58.0 Å². The summed E-state index contributed by atoms with van der Waals surface area (Å²) in [5, 5.41) is 0.883. The molecule has 0 saturated carbocycles. The number of carbonyl (C=O) groups is 1. The highest BCUT2D eigenvalue weighted by molar-refractivity contribution is 6.09. The molecule has 0 aliphatic heterocycles. The highest BCUT2D eigenvalue weighted by atomic mass is 16.5. The second-order valence-corrected chi connectivity index (χ2v) is 5.94. The number of hydrogen-bond donors (Lipinski definition) is 0. The van der Waals surface area contributed by atoms with Gasteiger partial charge in [0.05, 0.1) is 5.52 Å². The molecule has 1 aromatic carbocycles. The van der Waals surface area contributed by atoms with Crippen LogP contribution in [0.4, 0.5) is 0 Å². The molecule has 2 rings (SSSR count). The molecule has 0 bridgehead atoms. The fourth-order valence-corrected chi connectivity index (χ4v) is 2.35. The monoisotopic (exact) mass is 271 g/mol. The van der Waals surface area contributed by atoms with Gasteiger partial charge in [-0.2, -0.15) is 0 Å². The van der Waals surface area contributed by atoms with Gasteiger partial charge in [-0.1, -0.05) is 39.0 Å². The van der Waals surface area contributed by atoms with Crippen molar-refractivity contribution in [3.8, 4) is 0 Å². The van der Waals surface area contributed by atoms with E-state index in [1.165, 1.54) is 0 Å². The predicted octanol–water partition coefficient (Wildman–Crippen LogP) is 3.87. The summed E-state index contributed by atoms with van der Waals surface area (Å²) in [7, 11) is 0. The third-order valence-corrected chi connectivity index (χ3v) is 3.27. The standard InChI is InChI=1S/C17H21NO2/c1-5-20-16(17(2,3)4)15(19)13-8-6-10-14-12(13)9-7-11-18-14/h6-11,16H,5H2,1-4H3. The largest absolute Gasteiger partial charge is 0.370 e. The number of fused-ring (bicyclic) bond motifs is 1. The van der Waals surface area contributed by atoms with Gasteiger partial charge in [0.1, 0.15) is 6.10 Å². The lowest BCUT2D eigenvalue weighted by Gasteiger charge is -2.29. The van der Waals surface area contributed by atoms with Gasteiger partial charge in [0.25, 0.3) is 0 Å². The predicted molar refractivity (Wildman–Crippen MR) is 80.9 cm³/mol. The molecule has 0 N–H and O–H groups in total. The van der Waals surface area contributed by atoms with Crippen LogP contribution in [0.3, 0.4) is 0 Å². The summed E-state index contributed by atoms with van der Waals surface area (Å²) < 4.78 is 5.70. The van der Waals surface area contributed by atoms with Crippen LogP contribution in [0.1, 0.15) is 38.1 Å². The Hall–Kier alpha value is -1.74. The van der Waals surface area contributed by atoms with Crippen molar-refractivity contribution < 1.29 is 9.53 Å². The Bertz CT molecular complexity index is 608. The Morgan fingerprint density at radius 1 is 1.25 bits per heavy atom. The lowest BCUT2D eigenvalue weighted by molar-refractivity contribution is -0.0000990. The van der Waals surface area contributed by atoms with Crippen LogP contribution in [0, 0.1) is 5.41 Å². The number of pyridine rings is 1. The van der Waals surface area contributed by atoms with Gasteiger partial charge < -0.3 is 4.74 Å². The average molecular weight is 271 g/mol. The van der Waals surface area contributed by atoms with Crippen LogP contribution in [-0.4, -0.2) is 23.5 Å². The van der Waals surface area contributed by atoms with Gasteiger partial charge in [0, 0.05) is 23.8 Å². The van der Waals surface area contributed by atoms with E-state index in [4.69, 9.17) is 4.74 Å². The molecule has 0 aliphatic carbocycles.